The zero-order chi connectivity index (χ0) is 15.5. The van der Waals surface area contributed by atoms with Gasteiger partial charge in [0.05, 0.1) is 4.90 Å². The first-order valence-electron chi connectivity index (χ1n) is 6.06. The first kappa shape index (κ1) is 16.4. The molecular formula is C12H20N4O3S. The Kier molecular flexibility index (Phi) is 5.09. The fourth-order valence-corrected chi connectivity index (χ4v) is 3.82. The van der Waals surface area contributed by atoms with Crippen LogP contribution in [0.2, 0.25) is 0 Å². The lowest BCUT2D eigenvalue weighted by molar-refractivity contribution is -0.118. The van der Waals surface area contributed by atoms with Crippen molar-refractivity contribution in [2.24, 2.45) is 11.6 Å². The van der Waals surface area contributed by atoms with Gasteiger partial charge in [-0.15, -0.1) is 0 Å². The van der Waals surface area contributed by atoms with E-state index < -0.39 is 22.0 Å². The van der Waals surface area contributed by atoms with Gasteiger partial charge in [0.2, 0.25) is 15.9 Å². The average molecular weight is 300 g/mol. The van der Waals surface area contributed by atoms with Gasteiger partial charge in [-0.2, -0.15) is 0 Å². The summed E-state index contributed by atoms with van der Waals surface area (Å²) in [6.45, 7) is 4.95. The van der Waals surface area contributed by atoms with Gasteiger partial charge in [-0.25, -0.2) is 13.1 Å². The Morgan fingerprint density at radius 3 is 2.20 bits per heavy atom. The highest BCUT2D eigenvalue weighted by Crippen LogP contribution is 2.24. The molecule has 0 aliphatic rings. The molecule has 1 amide bonds. The number of anilines is 1. The van der Waals surface area contributed by atoms with E-state index in [4.69, 9.17) is 11.6 Å². The number of nitrogens with two attached hydrogens (primary N) is 2. The number of hydrogen-bond donors (Lipinski definition) is 4. The van der Waals surface area contributed by atoms with Crippen molar-refractivity contribution in [3.63, 3.8) is 0 Å². The van der Waals surface area contributed by atoms with Crippen molar-refractivity contribution in [3.8, 4) is 0 Å². The Balaban J connectivity index is 3.13. The monoisotopic (exact) mass is 300 g/mol. The number of aryl methyl sites for hydroxylation is 2. The van der Waals surface area contributed by atoms with Gasteiger partial charge in [-0.3, -0.25) is 10.6 Å². The molecule has 7 nitrogen and oxygen atoms in total. The molecule has 0 saturated heterocycles. The summed E-state index contributed by atoms with van der Waals surface area (Å²) in [7, 11) is -3.72. The maximum atomic E-state index is 12.4. The van der Waals surface area contributed by atoms with Crippen LogP contribution in [0.3, 0.4) is 0 Å². The zero-order valence-electron chi connectivity index (χ0n) is 11.7. The number of nitrogens with one attached hydrogen (secondary N) is 2. The van der Waals surface area contributed by atoms with E-state index in [1.165, 1.54) is 0 Å². The Morgan fingerprint density at radius 1 is 1.30 bits per heavy atom. The third-order valence-electron chi connectivity index (χ3n) is 2.76. The van der Waals surface area contributed by atoms with Crippen LogP contribution in [0, 0.1) is 13.8 Å². The van der Waals surface area contributed by atoms with Crippen molar-refractivity contribution in [3.05, 3.63) is 23.3 Å². The van der Waals surface area contributed by atoms with E-state index in [1.807, 2.05) is 0 Å². The van der Waals surface area contributed by atoms with Crippen LogP contribution >= 0.6 is 0 Å². The molecule has 0 fully saturated rings. The number of carbonyl (C=O) groups is 1. The van der Waals surface area contributed by atoms with Crippen LogP contribution < -0.4 is 21.7 Å². The lowest BCUT2D eigenvalue weighted by Gasteiger charge is -2.17. The molecule has 0 heterocycles. The van der Waals surface area contributed by atoms with Crippen molar-refractivity contribution in [2.45, 2.75) is 38.1 Å². The highest BCUT2D eigenvalue weighted by Gasteiger charge is 2.22. The molecule has 1 rings (SSSR count). The van der Waals surface area contributed by atoms with Crippen molar-refractivity contribution < 1.29 is 13.2 Å². The number of amides is 1. The summed E-state index contributed by atoms with van der Waals surface area (Å²) >= 11 is 0. The second-order valence-electron chi connectivity index (χ2n) is 4.78. The van der Waals surface area contributed by atoms with E-state index >= 15 is 0 Å². The Morgan fingerprint density at radius 2 is 1.80 bits per heavy atom. The van der Waals surface area contributed by atoms with Crippen LogP contribution in [-0.4, -0.2) is 20.4 Å². The lowest BCUT2D eigenvalue weighted by Crippen LogP contribution is -2.36. The number of carbonyl (C=O) groups excluding carboxylic acids is 1. The first-order chi connectivity index (χ1) is 9.17. The number of nitrogen functional groups attached to an aromatic ring is 1. The number of primary amides is 1. The minimum absolute atomic E-state index is 0.0558. The van der Waals surface area contributed by atoms with Crippen LogP contribution in [0.5, 0.6) is 0 Å². The maximum Gasteiger partial charge on any atom is 0.241 e. The van der Waals surface area contributed by atoms with Gasteiger partial charge in [0.25, 0.3) is 0 Å². The van der Waals surface area contributed by atoms with Gasteiger partial charge >= 0.3 is 0 Å². The van der Waals surface area contributed by atoms with E-state index in [9.17, 15) is 13.2 Å². The summed E-state index contributed by atoms with van der Waals surface area (Å²) in [5, 5.41) is 0. The molecule has 8 heteroatoms. The van der Waals surface area contributed by atoms with Gasteiger partial charge in [-0.1, -0.05) is 0 Å². The molecule has 1 aromatic rings. The van der Waals surface area contributed by atoms with Crippen LogP contribution in [0.15, 0.2) is 17.0 Å². The normalized spacial score (nSPS) is 13.0. The molecule has 112 valence electrons. The third kappa shape index (κ3) is 3.92. The quantitative estimate of drug-likeness (QED) is 0.438. The Labute approximate surface area is 118 Å². The second-order valence-corrected chi connectivity index (χ2v) is 6.43. The summed E-state index contributed by atoms with van der Waals surface area (Å²) in [5.41, 5.74) is 9.29. The summed E-state index contributed by atoms with van der Waals surface area (Å²) in [4.78, 5) is 11.0. The van der Waals surface area contributed by atoms with Gasteiger partial charge in [0.15, 0.2) is 0 Å². The fourth-order valence-electron chi connectivity index (χ4n) is 2.12. The van der Waals surface area contributed by atoms with Crippen molar-refractivity contribution in [2.75, 3.05) is 5.43 Å². The number of sulfonamides is 1. The average Bonchev–Trinajstić information content (AvgIpc) is 2.24. The fraction of sp³-hybridized carbons (Fsp3) is 0.417. The van der Waals surface area contributed by atoms with Gasteiger partial charge in [0.1, 0.15) is 0 Å². The minimum Gasteiger partial charge on any atom is -0.370 e. The summed E-state index contributed by atoms with van der Waals surface area (Å²) < 4.78 is 27.1. The van der Waals surface area contributed by atoms with Crippen LogP contribution in [0.1, 0.15) is 24.5 Å². The summed E-state index contributed by atoms with van der Waals surface area (Å²) in [6.07, 6.45) is -0.0558. The minimum atomic E-state index is -3.72. The van der Waals surface area contributed by atoms with E-state index in [2.05, 4.69) is 10.1 Å². The van der Waals surface area contributed by atoms with E-state index in [1.54, 1.807) is 32.9 Å². The number of hydrogen-bond acceptors (Lipinski definition) is 5. The number of rotatable bonds is 6. The Bertz CT molecular complexity index is 590. The van der Waals surface area contributed by atoms with Gasteiger partial charge in [0, 0.05) is 18.2 Å². The second kappa shape index (κ2) is 6.21. The summed E-state index contributed by atoms with van der Waals surface area (Å²) in [6, 6.07) is 2.71. The number of benzene rings is 1. The molecule has 1 atom stereocenters. The van der Waals surface area contributed by atoms with Crippen LogP contribution in [-0.2, 0) is 14.8 Å². The molecule has 0 aliphatic heterocycles. The highest BCUT2D eigenvalue weighted by atomic mass is 32.2. The van der Waals surface area contributed by atoms with Crippen LogP contribution in [0.25, 0.3) is 0 Å². The smallest absolute Gasteiger partial charge is 0.241 e. The molecule has 6 N–H and O–H groups in total. The molecule has 0 radical (unpaired) electrons. The molecule has 0 saturated carbocycles. The Hall–Kier alpha value is -1.64. The molecule has 0 bridgehead atoms. The molecule has 1 aromatic carbocycles. The molecule has 0 aromatic heterocycles. The lowest BCUT2D eigenvalue weighted by atomic mass is 10.1. The zero-order valence-corrected chi connectivity index (χ0v) is 12.5. The molecule has 20 heavy (non-hydrogen) atoms. The van der Waals surface area contributed by atoms with E-state index in [0.29, 0.717) is 16.8 Å². The SMILES string of the molecule is Cc1cc(NN)cc(C)c1S(=O)(=O)NC(C)CC(N)=O. The first-order valence-corrected chi connectivity index (χ1v) is 7.54. The van der Waals surface area contributed by atoms with E-state index in [-0.39, 0.29) is 11.3 Å². The highest BCUT2D eigenvalue weighted by molar-refractivity contribution is 7.89. The number of hydrazine groups is 1. The van der Waals surface area contributed by atoms with Crippen LogP contribution in [0.4, 0.5) is 5.69 Å². The van der Waals surface area contributed by atoms with Crippen molar-refractivity contribution in [1.82, 2.24) is 4.72 Å². The standard InChI is InChI=1S/C12H20N4O3S/c1-7-4-10(15-14)5-8(2)12(7)20(18,19)16-9(3)6-11(13)17/h4-5,9,15-16H,6,14H2,1-3H3,(H2,13,17). The van der Waals surface area contributed by atoms with E-state index in [0.717, 1.165) is 0 Å². The molecular weight excluding hydrogens is 280 g/mol. The van der Waals surface area contributed by atoms with Crippen molar-refractivity contribution in [1.29, 1.82) is 0 Å². The molecule has 0 spiro atoms. The van der Waals surface area contributed by atoms with Gasteiger partial charge < -0.3 is 11.2 Å². The third-order valence-corrected chi connectivity index (χ3v) is 4.65. The topological polar surface area (TPSA) is 127 Å². The summed E-state index contributed by atoms with van der Waals surface area (Å²) in [5.74, 6) is 4.76. The predicted octanol–water partition coefficient (Wildman–Crippen LogP) is 0.131. The molecule has 1 unspecified atom stereocenters. The van der Waals surface area contributed by atoms with Crippen molar-refractivity contribution >= 4 is 21.6 Å². The largest absolute Gasteiger partial charge is 0.370 e. The maximum absolute atomic E-state index is 12.4. The van der Waals surface area contributed by atoms with Gasteiger partial charge in [-0.05, 0) is 44.0 Å². The predicted molar refractivity (Wildman–Crippen MR) is 77.3 cm³/mol. The molecule has 0 aliphatic carbocycles.